The first kappa shape index (κ1) is 12.0. The first-order chi connectivity index (χ1) is 8.31. The van der Waals surface area contributed by atoms with E-state index in [4.69, 9.17) is 5.73 Å². The maximum atomic E-state index is 5.99. The Kier molecular flexibility index (Phi) is 3.45. The fraction of sp³-hybridized carbons (Fsp3) is 1.00. The van der Waals surface area contributed by atoms with Crippen LogP contribution in [-0.4, -0.2) is 31.1 Å². The van der Waals surface area contributed by atoms with Gasteiger partial charge in [-0.15, -0.1) is 0 Å². The molecule has 98 valence electrons. The van der Waals surface area contributed by atoms with Gasteiger partial charge in [0.2, 0.25) is 0 Å². The molecule has 3 rings (SSSR count). The van der Waals surface area contributed by atoms with E-state index in [9.17, 15) is 0 Å². The van der Waals surface area contributed by atoms with Crippen molar-refractivity contribution in [3.8, 4) is 0 Å². The largest absolute Gasteiger partial charge is 0.330 e. The van der Waals surface area contributed by atoms with Gasteiger partial charge in [0.15, 0.2) is 0 Å². The van der Waals surface area contributed by atoms with Gasteiger partial charge in [-0.3, -0.25) is 0 Å². The van der Waals surface area contributed by atoms with Gasteiger partial charge in [-0.05, 0) is 56.0 Å². The van der Waals surface area contributed by atoms with Gasteiger partial charge in [-0.2, -0.15) is 0 Å². The molecule has 1 aliphatic heterocycles. The number of hydrogen-bond acceptors (Lipinski definition) is 2. The van der Waals surface area contributed by atoms with Crippen LogP contribution in [0.25, 0.3) is 0 Å². The van der Waals surface area contributed by atoms with Gasteiger partial charge in [-0.1, -0.05) is 25.7 Å². The molecule has 0 aromatic carbocycles. The second kappa shape index (κ2) is 4.89. The molecule has 0 aromatic rings. The molecule has 3 fully saturated rings. The van der Waals surface area contributed by atoms with Gasteiger partial charge in [-0.25, -0.2) is 0 Å². The Labute approximate surface area is 106 Å². The molecule has 0 bridgehead atoms. The summed E-state index contributed by atoms with van der Waals surface area (Å²) in [4.78, 5) is 2.75. The highest BCUT2D eigenvalue weighted by molar-refractivity contribution is 4.93. The maximum absolute atomic E-state index is 5.99. The smallest absolute Gasteiger partial charge is 0.00502 e. The van der Waals surface area contributed by atoms with Gasteiger partial charge >= 0.3 is 0 Å². The SMILES string of the molecule is NCC1(CN2CCC3CCCCC3C2)CCC1. The lowest BCUT2D eigenvalue weighted by molar-refractivity contribution is 0.0224. The minimum atomic E-state index is 0.515. The molecule has 0 radical (unpaired) electrons. The number of fused-ring (bicyclic) bond motifs is 1. The van der Waals surface area contributed by atoms with Crippen molar-refractivity contribution in [3.63, 3.8) is 0 Å². The summed E-state index contributed by atoms with van der Waals surface area (Å²) in [6.07, 6.45) is 11.6. The van der Waals surface area contributed by atoms with Crippen LogP contribution in [0.15, 0.2) is 0 Å². The van der Waals surface area contributed by atoms with Crippen LogP contribution in [0, 0.1) is 17.3 Å². The molecule has 17 heavy (non-hydrogen) atoms. The van der Waals surface area contributed by atoms with Gasteiger partial charge in [0.25, 0.3) is 0 Å². The van der Waals surface area contributed by atoms with Crippen LogP contribution < -0.4 is 5.73 Å². The third-order valence-corrected chi connectivity index (χ3v) is 5.78. The molecular formula is C15H28N2. The molecule has 0 amide bonds. The summed E-state index contributed by atoms with van der Waals surface area (Å²) in [6.45, 7) is 4.94. The lowest BCUT2D eigenvalue weighted by atomic mass is 9.67. The fourth-order valence-electron chi connectivity index (χ4n) is 4.40. The van der Waals surface area contributed by atoms with Crippen molar-refractivity contribution in [3.05, 3.63) is 0 Å². The van der Waals surface area contributed by atoms with E-state index in [-0.39, 0.29) is 0 Å². The van der Waals surface area contributed by atoms with Crippen LogP contribution in [-0.2, 0) is 0 Å². The predicted octanol–water partition coefficient (Wildman–Crippen LogP) is 2.63. The lowest BCUT2D eigenvalue weighted by Gasteiger charge is -2.48. The lowest BCUT2D eigenvalue weighted by Crippen LogP contribution is -2.51. The van der Waals surface area contributed by atoms with Crippen molar-refractivity contribution in [2.24, 2.45) is 23.0 Å². The van der Waals surface area contributed by atoms with Crippen LogP contribution in [0.2, 0.25) is 0 Å². The molecule has 2 N–H and O–H groups in total. The summed E-state index contributed by atoms with van der Waals surface area (Å²) in [6, 6.07) is 0. The summed E-state index contributed by atoms with van der Waals surface area (Å²) in [5, 5.41) is 0. The van der Waals surface area contributed by atoms with Crippen molar-refractivity contribution < 1.29 is 0 Å². The van der Waals surface area contributed by atoms with Crippen LogP contribution in [0.5, 0.6) is 0 Å². The number of piperidine rings is 1. The zero-order valence-electron chi connectivity index (χ0n) is 11.2. The van der Waals surface area contributed by atoms with E-state index in [1.165, 1.54) is 71.0 Å². The van der Waals surface area contributed by atoms with Gasteiger partial charge in [0, 0.05) is 13.1 Å². The second-order valence-electron chi connectivity index (χ2n) is 6.89. The zero-order valence-corrected chi connectivity index (χ0v) is 11.2. The summed E-state index contributed by atoms with van der Waals surface area (Å²) >= 11 is 0. The van der Waals surface area contributed by atoms with Crippen molar-refractivity contribution >= 4 is 0 Å². The molecule has 2 atom stereocenters. The molecule has 1 heterocycles. The molecular weight excluding hydrogens is 208 g/mol. The highest BCUT2D eigenvalue weighted by atomic mass is 15.1. The zero-order chi connectivity index (χ0) is 11.7. The Morgan fingerprint density at radius 2 is 1.76 bits per heavy atom. The molecule has 0 aromatic heterocycles. The quantitative estimate of drug-likeness (QED) is 0.816. The van der Waals surface area contributed by atoms with Crippen molar-refractivity contribution in [1.29, 1.82) is 0 Å². The standard InChI is InChI=1S/C15H28N2/c16-11-15(7-3-8-15)12-17-9-6-13-4-1-2-5-14(13)10-17/h13-14H,1-12,16H2. The molecule has 2 saturated carbocycles. The topological polar surface area (TPSA) is 29.3 Å². The Morgan fingerprint density at radius 3 is 2.41 bits per heavy atom. The van der Waals surface area contributed by atoms with Crippen LogP contribution in [0.3, 0.4) is 0 Å². The monoisotopic (exact) mass is 236 g/mol. The van der Waals surface area contributed by atoms with Gasteiger partial charge in [0.1, 0.15) is 0 Å². The van der Waals surface area contributed by atoms with Crippen LogP contribution in [0.4, 0.5) is 0 Å². The van der Waals surface area contributed by atoms with Crippen LogP contribution in [0.1, 0.15) is 51.4 Å². The summed E-state index contributed by atoms with van der Waals surface area (Å²) in [5.74, 6) is 2.09. The maximum Gasteiger partial charge on any atom is 0.00502 e. The van der Waals surface area contributed by atoms with Crippen LogP contribution >= 0.6 is 0 Å². The Balaban J connectivity index is 1.55. The van der Waals surface area contributed by atoms with E-state index in [0.717, 1.165) is 18.4 Å². The number of nitrogens with two attached hydrogens (primary N) is 1. The summed E-state index contributed by atoms with van der Waals surface area (Å²) in [7, 11) is 0. The third kappa shape index (κ3) is 2.39. The van der Waals surface area contributed by atoms with Gasteiger partial charge < -0.3 is 10.6 Å². The summed E-state index contributed by atoms with van der Waals surface area (Å²) in [5.41, 5.74) is 6.51. The van der Waals surface area contributed by atoms with Crippen molar-refractivity contribution in [1.82, 2.24) is 4.90 Å². The Bertz CT molecular complexity index is 254. The van der Waals surface area contributed by atoms with E-state index >= 15 is 0 Å². The van der Waals surface area contributed by atoms with E-state index in [2.05, 4.69) is 4.90 Å². The van der Waals surface area contributed by atoms with E-state index < -0.39 is 0 Å². The highest BCUT2D eigenvalue weighted by Crippen LogP contribution is 2.42. The Hall–Kier alpha value is -0.0800. The highest BCUT2D eigenvalue weighted by Gasteiger charge is 2.39. The van der Waals surface area contributed by atoms with Crippen molar-refractivity contribution in [2.45, 2.75) is 51.4 Å². The third-order valence-electron chi connectivity index (χ3n) is 5.78. The fourth-order valence-corrected chi connectivity index (χ4v) is 4.40. The number of hydrogen-bond donors (Lipinski definition) is 1. The number of rotatable bonds is 3. The molecule has 1 saturated heterocycles. The molecule has 0 spiro atoms. The summed E-state index contributed by atoms with van der Waals surface area (Å²) < 4.78 is 0. The van der Waals surface area contributed by atoms with Crippen molar-refractivity contribution in [2.75, 3.05) is 26.2 Å². The molecule has 2 nitrogen and oxygen atoms in total. The second-order valence-corrected chi connectivity index (χ2v) is 6.89. The van der Waals surface area contributed by atoms with E-state index in [0.29, 0.717) is 5.41 Å². The molecule has 2 unspecified atom stereocenters. The molecule has 2 aliphatic carbocycles. The minimum Gasteiger partial charge on any atom is -0.330 e. The van der Waals surface area contributed by atoms with E-state index in [1.54, 1.807) is 0 Å². The normalized spacial score (nSPS) is 37.2. The number of likely N-dealkylation sites (tertiary alicyclic amines) is 1. The van der Waals surface area contributed by atoms with Gasteiger partial charge in [0.05, 0.1) is 0 Å². The number of nitrogens with zero attached hydrogens (tertiary/aromatic N) is 1. The average Bonchev–Trinajstić information content (AvgIpc) is 2.34. The predicted molar refractivity (Wildman–Crippen MR) is 71.8 cm³/mol. The van der Waals surface area contributed by atoms with E-state index in [1.807, 2.05) is 0 Å². The first-order valence-corrected chi connectivity index (χ1v) is 7.74. The Morgan fingerprint density at radius 1 is 1.00 bits per heavy atom. The molecule has 2 heteroatoms. The minimum absolute atomic E-state index is 0.515. The average molecular weight is 236 g/mol. The first-order valence-electron chi connectivity index (χ1n) is 7.74. The molecule has 3 aliphatic rings.